The third-order valence-corrected chi connectivity index (χ3v) is 2.57. The van der Waals surface area contributed by atoms with Crippen molar-refractivity contribution in [3.63, 3.8) is 0 Å². The van der Waals surface area contributed by atoms with Crippen LogP contribution in [0.25, 0.3) is 0 Å². The lowest BCUT2D eigenvalue weighted by Gasteiger charge is -2.08. The largest absolute Gasteiger partial charge is 0.322 e. The van der Waals surface area contributed by atoms with Crippen LogP contribution in [0.2, 0.25) is 0 Å². The molecule has 0 aliphatic rings. The first kappa shape index (κ1) is 14.2. The Balaban J connectivity index is 0.00000162. The van der Waals surface area contributed by atoms with Crippen molar-refractivity contribution in [2.24, 2.45) is 0 Å². The van der Waals surface area contributed by atoms with Crippen LogP contribution in [0.5, 0.6) is 0 Å². The van der Waals surface area contributed by atoms with Crippen LogP contribution in [0.3, 0.4) is 0 Å². The number of hydrogen-bond donors (Lipinski definition) is 1. The Hall–Kier alpha value is -1.87. The fourth-order valence-electron chi connectivity index (χ4n) is 1.65. The highest BCUT2D eigenvalue weighted by atomic mass is 35.5. The highest BCUT2D eigenvalue weighted by Gasteiger charge is 2.06. The molecule has 1 amide bonds. The van der Waals surface area contributed by atoms with Gasteiger partial charge in [-0.25, -0.2) is 0 Å². The van der Waals surface area contributed by atoms with Crippen LogP contribution < -0.4 is 5.32 Å². The molecule has 18 heavy (non-hydrogen) atoms. The number of nitrogens with zero attached hydrogens (tertiary/aromatic N) is 1. The second-order valence-corrected chi connectivity index (χ2v) is 4.01. The zero-order valence-electron chi connectivity index (χ0n) is 10.3. The number of nitrogens with one attached hydrogen (secondary N) is 1. The third-order valence-electron chi connectivity index (χ3n) is 2.57. The standard InChI is InChI=1S/C14H14N2O.ClH/c1-10-3-4-13(11(2)9-10)16-14(17)12-5-7-15-8-6-12;/h3-9H,1-2H3,(H,16,17);1H. The highest BCUT2D eigenvalue weighted by molar-refractivity contribution is 6.04. The lowest BCUT2D eigenvalue weighted by Crippen LogP contribution is -2.12. The number of amides is 1. The molecule has 0 atom stereocenters. The topological polar surface area (TPSA) is 42.0 Å². The molecule has 3 nitrogen and oxygen atoms in total. The maximum absolute atomic E-state index is 11.9. The van der Waals surface area contributed by atoms with Crippen molar-refractivity contribution in [3.05, 3.63) is 59.4 Å². The number of hydrogen-bond acceptors (Lipinski definition) is 2. The van der Waals surface area contributed by atoms with Gasteiger partial charge in [-0.05, 0) is 37.6 Å². The lowest BCUT2D eigenvalue weighted by atomic mass is 10.1. The van der Waals surface area contributed by atoms with E-state index in [1.54, 1.807) is 24.5 Å². The maximum Gasteiger partial charge on any atom is 0.255 e. The van der Waals surface area contributed by atoms with Gasteiger partial charge in [-0.15, -0.1) is 12.4 Å². The molecular weight excluding hydrogens is 248 g/mol. The van der Waals surface area contributed by atoms with E-state index in [1.165, 1.54) is 5.56 Å². The minimum atomic E-state index is -0.112. The smallest absolute Gasteiger partial charge is 0.255 e. The van der Waals surface area contributed by atoms with Gasteiger partial charge in [0.1, 0.15) is 0 Å². The van der Waals surface area contributed by atoms with Crippen LogP contribution in [0, 0.1) is 13.8 Å². The molecule has 0 bridgehead atoms. The number of anilines is 1. The number of halogens is 1. The summed E-state index contributed by atoms with van der Waals surface area (Å²) in [7, 11) is 0. The van der Waals surface area contributed by atoms with Gasteiger partial charge in [0.2, 0.25) is 0 Å². The van der Waals surface area contributed by atoms with Crippen LogP contribution in [-0.4, -0.2) is 10.9 Å². The molecule has 0 radical (unpaired) electrons. The van der Waals surface area contributed by atoms with Crippen LogP contribution in [0.15, 0.2) is 42.7 Å². The zero-order chi connectivity index (χ0) is 12.3. The summed E-state index contributed by atoms with van der Waals surface area (Å²) in [6.45, 7) is 4.01. The quantitative estimate of drug-likeness (QED) is 0.902. The van der Waals surface area contributed by atoms with E-state index in [0.717, 1.165) is 11.3 Å². The molecule has 1 heterocycles. The van der Waals surface area contributed by atoms with E-state index in [2.05, 4.69) is 10.3 Å². The summed E-state index contributed by atoms with van der Waals surface area (Å²) in [6.07, 6.45) is 3.22. The maximum atomic E-state index is 11.9. The van der Waals surface area contributed by atoms with Gasteiger partial charge < -0.3 is 5.32 Å². The van der Waals surface area contributed by atoms with E-state index >= 15 is 0 Å². The zero-order valence-corrected chi connectivity index (χ0v) is 11.1. The molecule has 4 heteroatoms. The van der Waals surface area contributed by atoms with Crippen LogP contribution in [-0.2, 0) is 0 Å². The van der Waals surface area contributed by atoms with E-state index < -0.39 is 0 Å². The number of carbonyl (C=O) groups excluding carboxylic acids is 1. The summed E-state index contributed by atoms with van der Waals surface area (Å²) in [6, 6.07) is 9.33. The van der Waals surface area contributed by atoms with E-state index in [4.69, 9.17) is 0 Å². The van der Waals surface area contributed by atoms with Crippen molar-refractivity contribution >= 4 is 24.0 Å². The number of benzene rings is 1. The van der Waals surface area contributed by atoms with Gasteiger partial charge in [-0.2, -0.15) is 0 Å². The SMILES string of the molecule is Cc1ccc(NC(=O)c2ccncc2)c(C)c1.Cl. The molecule has 0 unspecified atom stereocenters. The second-order valence-electron chi connectivity index (χ2n) is 4.01. The number of pyridine rings is 1. The number of aromatic nitrogens is 1. The van der Waals surface area contributed by atoms with Crippen LogP contribution >= 0.6 is 12.4 Å². The van der Waals surface area contributed by atoms with Gasteiger partial charge in [0, 0.05) is 23.6 Å². The number of aryl methyl sites for hydroxylation is 2. The Bertz CT molecular complexity index is 541. The molecule has 1 N–H and O–H groups in total. The van der Waals surface area contributed by atoms with Crippen molar-refractivity contribution in [3.8, 4) is 0 Å². The Labute approximate surface area is 113 Å². The molecule has 0 fully saturated rings. The Kier molecular flexibility index (Phi) is 4.86. The van der Waals surface area contributed by atoms with Crippen LogP contribution in [0.4, 0.5) is 5.69 Å². The molecular formula is C14H15ClN2O. The summed E-state index contributed by atoms with van der Waals surface area (Å²) in [5.41, 5.74) is 3.70. The molecule has 0 saturated heterocycles. The summed E-state index contributed by atoms with van der Waals surface area (Å²) in [4.78, 5) is 15.8. The van der Waals surface area contributed by atoms with E-state index in [0.29, 0.717) is 5.56 Å². The third kappa shape index (κ3) is 3.31. The second kappa shape index (κ2) is 6.17. The monoisotopic (exact) mass is 262 g/mol. The average molecular weight is 263 g/mol. The molecule has 94 valence electrons. The van der Waals surface area contributed by atoms with E-state index in [-0.39, 0.29) is 18.3 Å². The van der Waals surface area contributed by atoms with Crippen LogP contribution in [0.1, 0.15) is 21.5 Å². The lowest BCUT2D eigenvalue weighted by molar-refractivity contribution is 0.102. The minimum Gasteiger partial charge on any atom is -0.322 e. The first-order chi connectivity index (χ1) is 8.16. The molecule has 1 aromatic heterocycles. The summed E-state index contributed by atoms with van der Waals surface area (Å²) < 4.78 is 0. The summed E-state index contributed by atoms with van der Waals surface area (Å²) in [5.74, 6) is -0.112. The average Bonchev–Trinajstić information content (AvgIpc) is 2.34. The molecule has 2 aromatic rings. The molecule has 0 spiro atoms. The Morgan fingerprint density at radius 1 is 1.11 bits per heavy atom. The van der Waals surface area contributed by atoms with Gasteiger partial charge in [0.25, 0.3) is 5.91 Å². The highest BCUT2D eigenvalue weighted by Crippen LogP contribution is 2.16. The van der Waals surface area contributed by atoms with Gasteiger partial charge in [0.05, 0.1) is 0 Å². The van der Waals surface area contributed by atoms with Gasteiger partial charge in [0.15, 0.2) is 0 Å². The number of carbonyl (C=O) groups is 1. The molecule has 1 aromatic carbocycles. The van der Waals surface area contributed by atoms with Crippen molar-refractivity contribution < 1.29 is 4.79 Å². The fourth-order valence-corrected chi connectivity index (χ4v) is 1.65. The predicted octanol–water partition coefficient (Wildman–Crippen LogP) is 3.37. The first-order valence-electron chi connectivity index (χ1n) is 5.45. The van der Waals surface area contributed by atoms with Crippen molar-refractivity contribution in [2.75, 3.05) is 5.32 Å². The van der Waals surface area contributed by atoms with Crippen molar-refractivity contribution in [1.29, 1.82) is 0 Å². The fraction of sp³-hybridized carbons (Fsp3) is 0.143. The van der Waals surface area contributed by atoms with Crippen molar-refractivity contribution in [1.82, 2.24) is 4.98 Å². The number of rotatable bonds is 2. The Morgan fingerprint density at radius 2 is 1.78 bits per heavy atom. The van der Waals surface area contributed by atoms with Gasteiger partial charge in [-0.3, -0.25) is 9.78 Å². The summed E-state index contributed by atoms with van der Waals surface area (Å²) in [5, 5.41) is 2.89. The molecule has 0 saturated carbocycles. The van der Waals surface area contributed by atoms with E-state index in [1.807, 2.05) is 32.0 Å². The normalized spacial score (nSPS) is 9.44. The van der Waals surface area contributed by atoms with E-state index in [9.17, 15) is 4.79 Å². The molecule has 0 aliphatic carbocycles. The minimum absolute atomic E-state index is 0. The predicted molar refractivity (Wildman–Crippen MR) is 75.4 cm³/mol. The van der Waals surface area contributed by atoms with Gasteiger partial charge >= 0.3 is 0 Å². The first-order valence-corrected chi connectivity index (χ1v) is 5.45. The summed E-state index contributed by atoms with van der Waals surface area (Å²) >= 11 is 0. The molecule has 2 rings (SSSR count). The van der Waals surface area contributed by atoms with Gasteiger partial charge in [-0.1, -0.05) is 17.7 Å². The molecule has 0 aliphatic heterocycles. The Morgan fingerprint density at radius 3 is 2.39 bits per heavy atom. The van der Waals surface area contributed by atoms with Crippen molar-refractivity contribution in [2.45, 2.75) is 13.8 Å².